The van der Waals surface area contributed by atoms with Crippen molar-refractivity contribution in [3.8, 4) is 0 Å². The molecule has 1 saturated carbocycles. The molecule has 1 heterocycles. The van der Waals surface area contributed by atoms with Crippen LogP contribution in [-0.2, 0) is 0 Å². The summed E-state index contributed by atoms with van der Waals surface area (Å²) in [6, 6.07) is 1.70. The summed E-state index contributed by atoms with van der Waals surface area (Å²) in [5.41, 5.74) is 0.985. The van der Waals surface area contributed by atoms with Crippen LogP contribution in [0.2, 0.25) is 0 Å². The fourth-order valence-electron chi connectivity index (χ4n) is 1.31. The van der Waals surface area contributed by atoms with E-state index in [1.165, 1.54) is 6.20 Å². The van der Waals surface area contributed by atoms with Crippen LogP contribution in [0.5, 0.6) is 0 Å². The van der Waals surface area contributed by atoms with Gasteiger partial charge in [0.2, 0.25) is 0 Å². The van der Waals surface area contributed by atoms with Crippen LogP contribution in [0.15, 0.2) is 18.5 Å². The number of aromatic nitrogens is 1. The molecule has 0 radical (unpaired) electrons. The fourth-order valence-corrected chi connectivity index (χ4v) is 1.31. The van der Waals surface area contributed by atoms with Crippen molar-refractivity contribution in [2.75, 3.05) is 5.32 Å². The van der Waals surface area contributed by atoms with Gasteiger partial charge in [-0.1, -0.05) is 0 Å². The molecule has 1 aromatic rings. The summed E-state index contributed by atoms with van der Waals surface area (Å²) in [6.45, 7) is 2.08. The van der Waals surface area contributed by atoms with E-state index in [4.69, 9.17) is 5.11 Å². The highest BCUT2D eigenvalue weighted by Crippen LogP contribution is 2.38. The van der Waals surface area contributed by atoms with E-state index in [9.17, 15) is 4.79 Å². The summed E-state index contributed by atoms with van der Waals surface area (Å²) in [6.07, 6.45) is 5.15. The zero-order valence-electron chi connectivity index (χ0n) is 7.95. The van der Waals surface area contributed by atoms with E-state index in [1.807, 2.05) is 0 Å². The number of carbonyl (C=O) groups is 1. The molecule has 0 spiro atoms. The monoisotopic (exact) mass is 192 g/mol. The van der Waals surface area contributed by atoms with Gasteiger partial charge >= 0.3 is 5.97 Å². The highest BCUT2D eigenvalue weighted by atomic mass is 16.4. The topological polar surface area (TPSA) is 62.2 Å². The summed E-state index contributed by atoms with van der Waals surface area (Å²) in [4.78, 5) is 14.6. The Bertz CT molecular complexity index is 372. The predicted molar refractivity (Wildman–Crippen MR) is 52.5 cm³/mol. The molecule has 4 heteroatoms. The van der Waals surface area contributed by atoms with Gasteiger partial charge in [0.05, 0.1) is 5.69 Å². The molecule has 1 aliphatic rings. The first-order chi connectivity index (χ1) is 6.61. The van der Waals surface area contributed by atoms with Crippen LogP contribution in [0.25, 0.3) is 0 Å². The molecule has 1 fully saturated rings. The molecule has 4 nitrogen and oxygen atoms in total. The van der Waals surface area contributed by atoms with Gasteiger partial charge in [0.1, 0.15) is 5.56 Å². The smallest absolute Gasteiger partial charge is 0.339 e. The molecule has 0 bridgehead atoms. The highest BCUT2D eigenvalue weighted by Gasteiger charge is 2.37. The third kappa shape index (κ3) is 1.69. The second-order valence-corrected chi connectivity index (χ2v) is 3.91. The first kappa shape index (κ1) is 8.99. The summed E-state index contributed by atoms with van der Waals surface area (Å²) in [5, 5.41) is 12.1. The number of anilines is 1. The van der Waals surface area contributed by atoms with Crippen molar-refractivity contribution in [1.82, 2.24) is 4.98 Å². The van der Waals surface area contributed by atoms with Gasteiger partial charge in [-0.05, 0) is 25.8 Å². The lowest BCUT2D eigenvalue weighted by Crippen LogP contribution is -2.18. The van der Waals surface area contributed by atoms with Crippen molar-refractivity contribution in [3.63, 3.8) is 0 Å². The molecule has 1 aliphatic carbocycles. The second-order valence-electron chi connectivity index (χ2n) is 3.91. The molecule has 0 aromatic carbocycles. The number of hydrogen-bond donors (Lipinski definition) is 2. The third-order valence-corrected chi connectivity index (χ3v) is 2.49. The molecule has 2 N–H and O–H groups in total. The Morgan fingerprint density at radius 2 is 2.36 bits per heavy atom. The van der Waals surface area contributed by atoms with Crippen LogP contribution in [0.3, 0.4) is 0 Å². The average molecular weight is 192 g/mol. The summed E-state index contributed by atoms with van der Waals surface area (Å²) in [5.74, 6) is -0.940. The van der Waals surface area contributed by atoms with Crippen molar-refractivity contribution in [1.29, 1.82) is 0 Å². The van der Waals surface area contributed by atoms with Gasteiger partial charge in [-0.2, -0.15) is 0 Å². The minimum absolute atomic E-state index is 0.0888. The summed E-state index contributed by atoms with van der Waals surface area (Å²) >= 11 is 0. The van der Waals surface area contributed by atoms with Gasteiger partial charge in [-0.25, -0.2) is 4.79 Å². The van der Waals surface area contributed by atoms with E-state index in [1.54, 1.807) is 12.3 Å². The molecule has 0 atom stereocenters. The minimum atomic E-state index is -0.940. The number of carboxylic acids is 1. The molecule has 0 saturated heterocycles. The second kappa shape index (κ2) is 2.97. The number of nitrogens with one attached hydrogen (secondary N) is 1. The number of carboxylic acid groups (broad SMARTS) is 1. The zero-order valence-corrected chi connectivity index (χ0v) is 7.95. The van der Waals surface area contributed by atoms with E-state index in [0.717, 1.165) is 12.8 Å². The fraction of sp³-hybridized carbons (Fsp3) is 0.400. The van der Waals surface area contributed by atoms with Crippen LogP contribution in [-0.4, -0.2) is 21.6 Å². The molecule has 14 heavy (non-hydrogen) atoms. The highest BCUT2D eigenvalue weighted by molar-refractivity contribution is 5.93. The van der Waals surface area contributed by atoms with Crippen LogP contribution < -0.4 is 5.32 Å². The molecule has 1 aromatic heterocycles. The van der Waals surface area contributed by atoms with Crippen molar-refractivity contribution in [2.24, 2.45) is 0 Å². The lowest BCUT2D eigenvalue weighted by Gasteiger charge is -2.14. The first-order valence-corrected chi connectivity index (χ1v) is 4.56. The van der Waals surface area contributed by atoms with Crippen molar-refractivity contribution < 1.29 is 9.90 Å². The predicted octanol–water partition coefficient (Wildman–Crippen LogP) is 1.74. The van der Waals surface area contributed by atoms with Gasteiger partial charge in [0, 0.05) is 17.9 Å². The van der Waals surface area contributed by atoms with Crippen LogP contribution in [0.4, 0.5) is 5.69 Å². The molecule has 2 rings (SSSR count). The van der Waals surface area contributed by atoms with Gasteiger partial charge in [0.25, 0.3) is 0 Å². The van der Waals surface area contributed by atoms with E-state index >= 15 is 0 Å². The summed E-state index contributed by atoms with van der Waals surface area (Å²) in [7, 11) is 0. The van der Waals surface area contributed by atoms with Gasteiger partial charge in [-0.15, -0.1) is 0 Å². The molecular weight excluding hydrogens is 180 g/mol. The SMILES string of the molecule is CC1(Nc2ccncc2C(=O)O)CC1. The Morgan fingerprint density at radius 3 is 2.93 bits per heavy atom. The van der Waals surface area contributed by atoms with Crippen molar-refractivity contribution >= 4 is 11.7 Å². The quantitative estimate of drug-likeness (QED) is 0.765. The van der Waals surface area contributed by atoms with Crippen LogP contribution in [0.1, 0.15) is 30.1 Å². The normalized spacial score (nSPS) is 17.5. The summed E-state index contributed by atoms with van der Waals surface area (Å²) < 4.78 is 0. The van der Waals surface area contributed by atoms with Gasteiger partial charge < -0.3 is 10.4 Å². The standard InChI is InChI=1S/C10H12N2O2/c1-10(3-4-10)12-8-2-5-11-6-7(8)9(13)14/h2,5-6H,3-4H2,1H3,(H,11,12)(H,13,14). The van der Waals surface area contributed by atoms with Crippen LogP contribution in [0, 0.1) is 0 Å². The Hall–Kier alpha value is -1.58. The molecule has 0 aliphatic heterocycles. The first-order valence-electron chi connectivity index (χ1n) is 4.56. The van der Waals surface area contributed by atoms with E-state index in [2.05, 4.69) is 17.2 Å². The van der Waals surface area contributed by atoms with E-state index < -0.39 is 5.97 Å². The number of aromatic carboxylic acids is 1. The molecule has 74 valence electrons. The third-order valence-electron chi connectivity index (χ3n) is 2.49. The number of hydrogen-bond acceptors (Lipinski definition) is 3. The molecular formula is C10H12N2O2. The van der Waals surface area contributed by atoms with E-state index in [-0.39, 0.29) is 11.1 Å². The largest absolute Gasteiger partial charge is 0.478 e. The Kier molecular flexibility index (Phi) is 1.91. The van der Waals surface area contributed by atoms with Crippen LogP contribution >= 0.6 is 0 Å². The maximum atomic E-state index is 10.8. The molecule has 0 amide bonds. The zero-order chi connectivity index (χ0) is 10.2. The molecule has 0 unspecified atom stereocenters. The lowest BCUT2D eigenvalue weighted by molar-refractivity contribution is 0.0697. The van der Waals surface area contributed by atoms with Gasteiger partial charge in [-0.3, -0.25) is 4.98 Å². The minimum Gasteiger partial charge on any atom is -0.478 e. The number of nitrogens with zero attached hydrogens (tertiary/aromatic N) is 1. The Labute approximate surface area is 82.0 Å². The maximum absolute atomic E-state index is 10.8. The number of rotatable bonds is 3. The van der Waals surface area contributed by atoms with Crippen molar-refractivity contribution in [3.05, 3.63) is 24.0 Å². The number of pyridine rings is 1. The van der Waals surface area contributed by atoms with E-state index in [0.29, 0.717) is 5.69 Å². The average Bonchev–Trinajstić information content (AvgIpc) is 2.84. The lowest BCUT2D eigenvalue weighted by atomic mass is 10.2. The Balaban J connectivity index is 2.27. The Morgan fingerprint density at radius 1 is 1.64 bits per heavy atom. The van der Waals surface area contributed by atoms with Crippen molar-refractivity contribution in [2.45, 2.75) is 25.3 Å². The maximum Gasteiger partial charge on any atom is 0.339 e. The van der Waals surface area contributed by atoms with Gasteiger partial charge in [0.15, 0.2) is 0 Å².